The molecule has 136 valence electrons. The van der Waals surface area contributed by atoms with E-state index in [1.54, 1.807) is 11.9 Å². The minimum absolute atomic E-state index is 0.00907. The van der Waals surface area contributed by atoms with Crippen LogP contribution in [-0.4, -0.2) is 64.8 Å². The number of alkyl halides is 3. The minimum Gasteiger partial charge on any atom is -0.380 e. The molecule has 1 N–H and O–H groups in total. The Kier molecular flexibility index (Phi) is 5.45. The Balaban J connectivity index is 1.93. The summed E-state index contributed by atoms with van der Waals surface area (Å²) in [6.07, 6.45) is -1.39. The van der Waals surface area contributed by atoms with E-state index in [4.69, 9.17) is 0 Å². The molecule has 1 aliphatic carbocycles. The van der Waals surface area contributed by atoms with E-state index in [0.29, 0.717) is 12.8 Å². The molecule has 1 heterocycles. The van der Waals surface area contributed by atoms with E-state index in [0.717, 1.165) is 19.3 Å². The van der Waals surface area contributed by atoms with Gasteiger partial charge in [-0.1, -0.05) is 19.3 Å². The lowest BCUT2D eigenvalue weighted by atomic mass is 9.81. The molecule has 1 saturated carbocycles. The maximum Gasteiger partial charge on any atom is 0.417 e. The summed E-state index contributed by atoms with van der Waals surface area (Å²) in [5.74, 6) is -0.254. The lowest BCUT2D eigenvalue weighted by Gasteiger charge is -2.42. The number of hydrogen-bond donors (Lipinski definition) is 1. The molecular formula is C16H24F3N3O2. The highest BCUT2D eigenvalue weighted by atomic mass is 19.4. The number of halogens is 3. The van der Waals surface area contributed by atoms with Gasteiger partial charge in [-0.15, -0.1) is 0 Å². The van der Waals surface area contributed by atoms with Gasteiger partial charge >= 0.3 is 6.18 Å². The van der Waals surface area contributed by atoms with Gasteiger partial charge in [0.2, 0.25) is 5.91 Å². The second-order valence-corrected chi connectivity index (χ2v) is 6.96. The fraction of sp³-hybridized carbons (Fsp3) is 0.875. The highest BCUT2D eigenvalue weighted by molar-refractivity contribution is 5.79. The predicted octanol–water partition coefficient (Wildman–Crippen LogP) is 2.06. The van der Waals surface area contributed by atoms with Crippen molar-refractivity contribution in [2.75, 3.05) is 26.7 Å². The van der Waals surface area contributed by atoms with Gasteiger partial charge in [0.25, 0.3) is 0 Å². The Morgan fingerprint density at radius 2 is 1.75 bits per heavy atom. The van der Waals surface area contributed by atoms with Crippen LogP contribution in [0.5, 0.6) is 0 Å². The van der Waals surface area contributed by atoms with Crippen LogP contribution in [0.1, 0.15) is 44.9 Å². The average molecular weight is 347 g/mol. The smallest absolute Gasteiger partial charge is 0.380 e. The molecule has 0 bridgehead atoms. The largest absolute Gasteiger partial charge is 0.417 e. The van der Waals surface area contributed by atoms with Crippen LogP contribution in [0.15, 0.2) is 0 Å². The fourth-order valence-electron chi connectivity index (χ4n) is 3.56. The molecule has 2 fully saturated rings. The molecule has 1 saturated heterocycles. The van der Waals surface area contributed by atoms with Crippen LogP contribution in [0.4, 0.5) is 13.2 Å². The summed E-state index contributed by atoms with van der Waals surface area (Å²) in [5.41, 5.74) is -3.45. The molecule has 1 amide bonds. The second kappa shape index (κ2) is 6.89. The van der Waals surface area contributed by atoms with Crippen molar-refractivity contribution in [1.29, 1.82) is 5.26 Å². The third kappa shape index (κ3) is 3.67. The SMILES string of the molecule is CN(C(=O)CN1CCC(O)(C(F)(F)F)CC1)C1(C#N)CCCCC1. The van der Waals surface area contributed by atoms with E-state index in [9.17, 15) is 28.3 Å². The number of rotatable bonds is 3. The Hall–Kier alpha value is -1.33. The number of aliphatic hydroxyl groups is 1. The summed E-state index contributed by atoms with van der Waals surface area (Å²) in [6.45, 7) is -0.00183. The van der Waals surface area contributed by atoms with Crippen LogP contribution in [-0.2, 0) is 4.79 Å². The van der Waals surface area contributed by atoms with Crippen molar-refractivity contribution in [2.24, 2.45) is 0 Å². The number of piperidine rings is 1. The van der Waals surface area contributed by atoms with E-state index in [2.05, 4.69) is 6.07 Å². The maximum absolute atomic E-state index is 12.8. The highest BCUT2D eigenvalue weighted by Gasteiger charge is 2.54. The van der Waals surface area contributed by atoms with Crippen LogP contribution in [0.25, 0.3) is 0 Å². The predicted molar refractivity (Wildman–Crippen MR) is 80.9 cm³/mol. The van der Waals surface area contributed by atoms with Crippen molar-refractivity contribution < 1.29 is 23.1 Å². The van der Waals surface area contributed by atoms with Crippen molar-refractivity contribution in [1.82, 2.24) is 9.80 Å². The first-order valence-electron chi connectivity index (χ1n) is 8.33. The number of likely N-dealkylation sites (tertiary alicyclic amines) is 1. The molecule has 0 aromatic carbocycles. The Labute approximate surface area is 140 Å². The molecule has 0 aromatic heterocycles. The summed E-state index contributed by atoms with van der Waals surface area (Å²) < 4.78 is 38.4. The van der Waals surface area contributed by atoms with E-state index in [1.165, 1.54) is 4.90 Å². The molecule has 0 atom stereocenters. The summed E-state index contributed by atoms with van der Waals surface area (Å²) in [6, 6.07) is 2.27. The van der Waals surface area contributed by atoms with Gasteiger partial charge in [-0.25, -0.2) is 0 Å². The zero-order chi connectivity index (χ0) is 18.0. The number of amides is 1. The van der Waals surface area contributed by atoms with Gasteiger partial charge in [-0.05, 0) is 25.7 Å². The third-order valence-corrected chi connectivity index (χ3v) is 5.47. The van der Waals surface area contributed by atoms with Crippen molar-refractivity contribution in [3.05, 3.63) is 0 Å². The molecule has 0 aromatic rings. The molecule has 1 aliphatic heterocycles. The first-order chi connectivity index (χ1) is 11.1. The number of nitrogens with zero attached hydrogens (tertiary/aromatic N) is 3. The normalized spacial score (nSPS) is 24.2. The zero-order valence-corrected chi connectivity index (χ0v) is 13.9. The summed E-state index contributed by atoms with van der Waals surface area (Å²) in [7, 11) is 1.60. The molecule has 2 aliphatic rings. The van der Waals surface area contributed by atoms with Gasteiger partial charge in [0.1, 0.15) is 5.54 Å². The minimum atomic E-state index is -4.65. The second-order valence-electron chi connectivity index (χ2n) is 6.96. The van der Waals surface area contributed by atoms with Gasteiger partial charge in [0.05, 0.1) is 12.6 Å². The number of hydrogen-bond acceptors (Lipinski definition) is 4. The number of likely N-dealkylation sites (N-methyl/N-ethyl adjacent to an activating group) is 1. The van der Waals surface area contributed by atoms with Gasteiger partial charge in [-0.2, -0.15) is 18.4 Å². The zero-order valence-electron chi connectivity index (χ0n) is 13.9. The molecule has 2 rings (SSSR count). The third-order valence-electron chi connectivity index (χ3n) is 5.47. The van der Waals surface area contributed by atoms with Gasteiger partial charge in [-0.3, -0.25) is 9.69 Å². The van der Waals surface area contributed by atoms with E-state index >= 15 is 0 Å². The van der Waals surface area contributed by atoms with Crippen molar-refractivity contribution in [3.8, 4) is 6.07 Å². The summed E-state index contributed by atoms with van der Waals surface area (Å²) in [5, 5.41) is 19.2. The average Bonchev–Trinajstić information content (AvgIpc) is 2.56. The van der Waals surface area contributed by atoms with Crippen LogP contribution in [0.3, 0.4) is 0 Å². The summed E-state index contributed by atoms with van der Waals surface area (Å²) >= 11 is 0. The van der Waals surface area contributed by atoms with Crippen LogP contribution in [0.2, 0.25) is 0 Å². The molecule has 0 radical (unpaired) electrons. The molecule has 0 unspecified atom stereocenters. The fourth-order valence-corrected chi connectivity index (χ4v) is 3.56. The number of carbonyl (C=O) groups excluding carboxylic acids is 1. The molecule has 0 spiro atoms. The monoisotopic (exact) mass is 347 g/mol. The van der Waals surface area contributed by atoms with Gasteiger partial charge < -0.3 is 10.0 Å². The van der Waals surface area contributed by atoms with Gasteiger partial charge in [0.15, 0.2) is 5.60 Å². The first kappa shape index (κ1) is 19.0. The molecule has 24 heavy (non-hydrogen) atoms. The van der Waals surface area contributed by atoms with E-state index in [1.807, 2.05) is 0 Å². The van der Waals surface area contributed by atoms with E-state index in [-0.39, 0.29) is 25.5 Å². The molecular weight excluding hydrogens is 323 g/mol. The lowest BCUT2D eigenvalue weighted by Crippen LogP contribution is -2.56. The maximum atomic E-state index is 12.8. The molecule has 8 heteroatoms. The molecule has 5 nitrogen and oxygen atoms in total. The quantitative estimate of drug-likeness (QED) is 0.849. The summed E-state index contributed by atoms with van der Waals surface area (Å²) in [4.78, 5) is 15.6. The standard InChI is InChI=1S/C16H24F3N3O2/c1-21(14(12-20)5-3-2-4-6-14)13(23)11-22-9-7-15(24,8-10-22)16(17,18)19/h24H,2-11H2,1H3. The lowest BCUT2D eigenvalue weighted by molar-refractivity contribution is -0.272. The topological polar surface area (TPSA) is 67.6 Å². The van der Waals surface area contributed by atoms with Crippen molar-refractivity contribution >= 4 is 5.91 Å². The van der Waals surface area contributed by atoms with Crippen LogP contribution < -0.4 is 0 Å². The number of nitriles is 1. The van der Waals surface area contributed by atoms with Crippen LogP contribution in [0, 0.1) is 11.3 Å². The Morgan fingerprint density at radius 3 is 2.21 bits per heavy atom. The van der Waals surface area contributed by atoms with Crippen molar-refractivity contribution in [2.45, 2.75) is 62.3 Å². The first-order valence-corrected chi connectivity index (χ1v) is 8.33. The van der Waals surface area contributed by atoms with Gasteiger partial charge in [0, 0.05) is 20.1 Å². The number of carbonyl (C=O) groups is 1. The Bertz CT molecular complexity index is 502. The van der Waals surface area contributed by atoms with Crippen LogP contribution >= 0.6 is 0 Å². The van der Waals surface area contributed by atoms with E-state index < -0.39 is 30.2 Å². The van der Waals surface area contributed by atoms with Crippen molar-refractivity contribution in [3.63, 3.8) is 0 Å². The highest BCUT2D eigenvalue weighted by Crippen LogP contribution is 2.38. The Morgan fingerprint density at radius 1 is 1.21 bits per heavy atom.